The van der Waals surface area contributed by atoms with Crippen molar-refractivity contribution in [3.05, 3.63) is 87.9 Å². The molecule has 0 N–H and O–H groups in total. The van der Waals surface area contributed by atoms with Crippen molar-refractivity contribution in [3.63, 3.8) is 0 Å². The fourth-order valence-corrected chi connectivity index (χ4v) is 5.36. The molecule has 4 rings (SSSR count). The largest absolute Gasteiger partial charge is 0.329 e. The number of halogens is 1. The van der Waals surface area contributed by atoms with Gasteiger partial charge in [-0.25, -0.2) is 4.39 Å². The Labute approximate surface area is 192 Å². The normalized spacial score (nSPS) is 18.0. The Morgan fingerprint density at radius 1 is 1.09 bits per heavy atom. The molecule has 1 aromatic heterocycles. The Bertz CT molecular complexity index is 1100. The van der Waals surface area contributed by atoms with Crippen LogP contribution in [0.3, 0.4) is 0 Å². The quantitative estimate of drug-likeness (QED) is 0.471. The van der Waals surface area contributed by atoms with Crippen LogP contribution in [0, 0.1) is 11.7 Å². The molecule has 0 saturated carbocycles. The minimum Gasteiger partial charge on any atom is -0.329 e. The van der Waals surface area contributed by atoms with Gasteiger partial charge in [-0.15, -0.1) is 11.3 Å². The first-order valence-corrected chi connectivity index (χ1v) is 11.8. The van der Waals surface area contributed by atoms with Crippen molar-refractivity contribution in [2.75, 3.05) is 18.0 Å². The van der Waals surface area contributed by atoms with Gasteiger partial charge in [0.05, 0.1) is 12.0 Å². The number of rotatable bonds is 6. The van der Waals surface area contributed by atoms with E-state index in [-0.39, 0.29) is 29.6 Å². The summed E-state index contributed by atoms with van der Waals surface area (Å²) >= 11 is 1.56. The number of nitrogens with zero attached hydrogens (tertiary/aromatic N) is 2. The van der Waals surface area contributed by atoms with Crippen LogP contribution in [0.25, 0.3) is 0 Å². The third kappa shape index (κ3) is 4.07. The number of anilines is 1. The molecule has 0 fully saturated rings. The Balaban J connectivity index is 1.87. The van der Waals surface area contributed by atoms with E-state index in [0.29, 0.717) is 24.3 Å². The molecule has 0 aliphatic carbocycles. The van der Waals surface area contributed by atoms with Crippen LogP contribution >= 0.6 is 11.3 Å². The molecular weight excluding hydrogens is 423 g/mol. The second kappa shape index (κ2) is 9.25. The number of benzene rings is 2. The number of carbonyl (C=O) groups excluding carboxylic acids is 2. The van der Waals surface area contributed by atoms with Crippen molar-refractivity contribution in [1.29, 1.82) is 0 Å². The maximum Gasteiger partial charge on any atom is 0.254 e. The molecule has 3 aromatic rings. The third-order valence-electron chi connectivity index (χ3n) is 5.82. The molecule has 166 valence electrons. The standard InChI is InChI=1S/C26H27FN2O2S/c1-4-28(19-13-11-18(27)12-14-19)26(31)23-20-8-5-6-9-21(20)25(30)29(16-17(2)3)24(23)22-10-7-15-32-22/h5-15,17,23-24H,4,16H2,1-3H3/t23-,24+/m0/s1. The molecular formula is C26H27FN2O2S. The lowest BCUT2D eigenvalue weighted by Gasteiger charge is -2.43. The smallest absolute Gasteiger partial charge is 0.254 e. The monoisotopic (exact) mass is 450 g/mol. The molecule has 4 nitrogen and oxygen atoms in total. The van der Waals surface area contributed by atoms with Crippen molar-refractivity contribution in [2.24, 2.45) is 5.92 Å². The molecule has 2 heterocycles. The highest BCUT2D eigenvalue weighted by molar-refractivity contribution is 7.10. The first kappa shape index (κ1) is 22.2. The molecule has 0 unspecified atom stereocenters. The SMILES string of the molecule is CCN(C(=O)[C@H]1c2ccccc2C(=O)N(CC(C)C)[C@@H]1c1cccs1)c1ccc(F)cc1. The van der Waals surface area contributed by atoms with E-state index < -0.39 is 5.92 Å². The lowest BCUT2D eigenvalue weighted by atomic mass is 9.80. The second-order valence-corrected chi connectivity index (χ2v) is 9.41. The molecule has 0 saturated heterocycles. The average Bonchev–Trinajstić information content (AvgIpc) is 3.31. The van der Waals surface area contributed by atoms with Gasteiger partial charge in [0.25, 0.3) is 5.91 Å². The fraction of sp³-hybridized carbons (Fsp3) is 0.308. The molecule has 0 radical (unpaired) electrons. The Morgan fingerprint density at radius 2 is 1.81 bits per heavy atom. The van der Waals surface area contributed by atoms with E-state index in [1.807, 2.05) is 53.6 Å². The van der Waals surface area contributed by atoms with Gasteiger partial charge in [-0.2, -0.15) is 0 Å². The van der Waals surface area contributed by atoms with E-state index in [4.69, 9.17) is 0 Å². The molecule has 0 spiro atoms. The van der Waals surface area contributed by atoms with E-state index in [9.17, 15) is 14.0 Å². The van der Waals surface area contributed by atoms with Crippen molar-refractivity contribution in [3.8, 4) is 0 Å². The minimum absolute atomic E-state index is 0.0402. The summed E-state index contributed by atoms with van der Waals surface area (Å²) < 4.78 is 13.5. The summed E-state index contributed by atoms with van der Waals surface area (Å²) in [6.45, 7) is 7.06. The van der Waals surface area contributed by atoms with Crippen molar-refractivity contribution < 1.29 is 14.0 Å². The van der Waals surface area contributed by atoms with Gasteiger partial charge in [0.1, 0.15) is 5.82 Å². The first-order chi connectivity index (χ1) is 15.4. The minimum atomic E-state index is -0.550. The lowest BCUT2D eigenvalue weighted by molar-refractivity contribution is -0.121. The van der Waals surface area contributed by atoms with Crippen LogP contribution in [0.1, 0.15) is 53.5 Å². The number of hydrogen-bond donors (Lipinski definition) is 0. The molecule has 32 heavy (non-hydrogen) atoms. The number of thiophene rings is 1. The topological polar surface area (TPSA) is 40.6 Å². The van der Waals surface area contributed by atoms with E-state index in [1.165, 1.54) is 12.1 Å². The maximum atomic E-state index is 14.1. The zero-order valence-corrected chi connectivity index (χ0v) is 19.3. The zero-order chi connectivity index (χ0) is 22.8. The predicted octanol–water partition coefficient (Wildman–Crippen LogP) is 5.88. The number of fused-ring (bicyclic) bond motifs is 1. The first-order valence-electron chi connectivity index (χ1n) is 10.9. The number of likely N-dealkylation sites (N-methyl/N-ethyl adjacent to an activating group) is 1. The van der Waals surface area contributed by atoms with Gasteiger partial charge in [0.2, 0.25) is 5.91 Å². The number of carbonyl (C=O) groups is 2. The van der Waals surface area contributed by atoms with Crippen LogP contribution in [-0.4, -0.2) is 29.8 Å². The number of amides is 2. The van der Waals surface area contributed by atoms with E-state index in [0.717, 1.165) is 10.4 Å². The highest BCUT2D eigenvalue weighted by atomic mass is 32.1. The Morgan fingerprint density at radius 3 is 2.44 bits per heavy atom. The van der Waals surface area contributed by atoms with Gasteiger partial charge in [-0.05, 0) is 60.2 Å². The Kier molecular flexibility index (Phi) is 6.42. The predicted molar refractivity (Wildman–Crippen MR) is 127 cm³/mol. The van der Waals surface area contributed by atoms with Gasteiger partial charge in [-0.1, -0.05) is 38.1 Å². The van der Waals surface area contributed by atoms with Crippen LogP contribution in [0.5, 0.6) is 0 Å². The van der Waals surface area contributed by atoms with Crippen molar-refractivity contribution in [2.45, 2.75) is 32.7 Å². The van der Waals surface area contributed by atoms with Gasteiger partial charge >= 0.3 is 0 Å². The van der Waals surface area contributed by atoms with Crippen LogP contribution in [-0.2, 0) is 4.79 Å². The molecule has 2 amide bonds. The lowest BCUT2D eigenvalue weighted by Crippen LogP contribution is -2.49. The van der Waals surface area contributed by atoms with Crippen LogP contribution in [0.2, 0.25) is 0 Å². The van der Waals surface area contributed by atoms with E-state index >= 15 is 0 Å². The summed E-state index contributed by atoms with van der Waals surface area (Å²) in [6, 6.07) is 17.0. The highest BCUT2D eigenvalue weighted by Crippen LogP contribution is 2.45. The molecule has 1 aliphatic rings. The zero-order valence-electron chi connectivity index (χ0n) is 18.5. The van der Waals surface area contributed by atoms with Gasteiger partial charge in [0.15, 0.2) is 0 Å². The van der Waals surface area contributed by atoms with Crippen molar-refractivity contribution >= 4 is 28.8 Å². The fourth-order valence-electron chi connectivity index (χ4n) is 4.48. The second-order valence-electron chi connectivity index (χ2n) is 8.44. The summed E-state index contributed by atoms with van der Waals surface area (Å²) in [6.07, 6.45) is 0. The summed E-state index contributed by atoms with van der Waals surface area (Å²) in [7, 11) is 0. The van der Waals surface area contributed by atoms with E-state index in [2.05, 4.69) is 13.8 Å². The van der Waals surface area contributed by atoms with Crippen molar-refractivity contribution in [1.82, 2.24) is 4.90 Å². The maximum absolute atomic E-state index is 14.1. The van der Waals surface area contributed by atoms with Crippen LogP contribution in [0.4, 0.5) is 10.1 Å². The number of hydrogen-bond acceptors (Lipinski definition) is 3. The Hall–Kier alpha value is -2.99. The summed E-state index contributed by atoms with van der Waals surface area (Å²) in [5, 5.41) is 1.98. The van der Waals surface area contributed by atoms with Gasteiger partial charge < -0.3 is 9.80 Å². The molecule has 1 aliphatic heterocycles. The van der Waals surface area contributed by atoms with Crippen LogP contribution in [0.15, 0.2) is 66.0 Å². The van der Waals surface area contributed by atoms with Crippen LogP contribution < -0.4 is 4.90 Å². The summed E-state index contributed by atoms with van der Waals surface area (Å²) in [5.41, 5.74) is 1.98. The summed E-state index contributed by atoms with van der Waals surface area (Å²) in [4.78, 5) is 32.2. The highest BCUT2D eigenvalue weighted by Gasteiger charge is 2.46. The van der Waals surface area contributed by atoms with Gasteiger partial charge in [0, 0.05) is 29.2 Å². The molecule has 2 atom stereocenters. The third-order valence-corrected chi connectivity index (χ3v) is 6.76. The molecule has 0 bridgehead atoms. The van der Waals surface area contributed by atoms with Gasteiger partial charge in [-0.3, -0.25) is 9.59 Å². The van der Waals surface area contributed by atoms with E-state index in [1.54, 1.807) is 28.4 Å². The molecule has 6 heteroatoms. The summed E-state index contributed by atoms with van der Waals surface area (Å²) in [5.74, 6) is -0.772. The average molecular weight is 451 g/mol. The molecule has 2 aromatic carbocycles.